The summed E-state index contributed by atoms with van der Waals surface area (Å²) in [7, 11) is -3.98. The van der Waals surface area contributed by atoms with Gasteiger partial charge in [0.2, 0.25) is 5.09 Å². The van der Waals surface area contributed by atoms with Crippen molar-refractivity contribution in [2.45, 2.75) is 18.6 Å². The van der Waals surface area contributed by atoms with Gasteiger partial charge in [-0.3, -0.25) is 4.72 Å². The van der Waals surface area contributed by atoms with Gasteiger partial charge in [0.15, 0.2) is 0 Å². The molecule has 21 heavy (non-hydrogen) atoms. The standard InChI is InChI=1S/C13H14BrFN2O3S/c1-2-16-8-9-6-7-12(20-9)21(18,19)17-13-10(14)4-3-5-11(13)15/h3-7,16-17H,2,8H2,1H3. The first-order valence-electron chi connectivity index (χ1n) is 6.20. The van der Waals surface area contributed by atoms with Crippen LogP contribution in [0.3, 0.4) is 0 Å². The van der Waals surface area contributed by atoms with E-state index in [1.807, 2.05) is 6.92 Å². The predicted molar refractivity (Wildman–Crippen MR) is 81.0 cm³/mol. The topological polar surface area (TPSA) is 71.3 Å². The normalized spacial score (nSPS) is 11.6. The molecule has 2 aromatic rings. The molecule has 2 rings (SSSR count). The molecule has 5 nitrogen and oxygen atoms in total. The average molecular weight is 377 g/mol. The van der Waals surface area contributed by atoms with Crippen molar-refractivity contribution < 1.29 is 17.2 Å². The third-order valence-electron chi connectivity index (χ3n) is 2.65. The summed E-state index contributed by atoms with van der Waals surface area (Å²) in [6.45, 7) is 3.09. The van der Waals surface area contributed by atoms with Crippen molar-refractivity contribution in [2.24, 2.45) is 0 Å². The van der Waals surface area contributed by atoms with Gasteiger partial charge in [-0.25, -0.2) is 4.39 Å². The molecule has 0 atom stereocenters. The highest BCUT2D eigenvalue weighted by atomic mass is 79.9. The fourth-order valence-electron chi connectivity index (χ4n) is 1.63. The zero-order valence-corrected chi connectivity index (χ0v) is 13.6. The van der Waals surface area contributed by atoms with E-state index in [0.29, 0.717) is 16.8 Å². The van der Waals surface area contributed by atoms with E-state index in [2.05, 4.69) is 26.0 Å². The zero-order valence-electron chi connectivity index (χ0n) is 11.2. The van der Waals surface area contributed by atoms with Gasteiger partial charge in [-0.05, 0) is 46.7 Å². The van der Waals surface area contributed by atoms with Crippen molar-refractivity contribution in [2.75, 3.05) is 11.3 Å². The Bertz CT molecular complexity index is 711. The fourth-order valence-corrected chi connectivity index (χ4v) is 3.24. The lowest BCUT2D eigenvalue weighted by Crippen LogP contribution is -2.14. The number of anilines is 1. The van der Waals surface area contributed by atoms with E-state index < -0.39 is 15.8 Å². The smallest absolute Gasteiger partial charge is 0.295 e. The highest BCUT2D eigenvalue weighted by Gasteiger charge is 2.21. The molecule has 0 amide bonds. The molecule has 0 saturated carbocycles. The lowest BCUT2D eigenvalue weighted by Gasteiger charge is -2.08. The highest BCUT2D eigenvalue weighted by Crippen LogP contribution is 2.28. The second kappa shape index (κ2) is 6.59. The van der Waals surface area contributed by atoms with Crippen molar-refractivity contribution in [1.82, 2.24) is 5.32 Å². The molecule has 1 aromatic heterocycles. The van der Waals surface area contributed by atoms with Gasteiger partial charge in [0.05, 0.1) is 12.2 Å². The molecule has 1 aromatic carbocycles. The number of nitrogens with one attached hydrogen (secondary N) is 2. The van der Waals surface area contributed by atoms with Crippen molar-refractivity contribution in [3.05, 3.63) is 46.4 Å². The summed E-state index contributed by atoms with van der Waals surface area (Å²) >= 11 is 3.10. The van der Waals surface area contributed by atoms with Crippen molar-refractivity contribution in [3.8, 4) is 0 Å². The van der Waals surface area contributed by atoms with Gasteiger partial charge in [-0.15, -0.1) is 0 Å². The Balaban J connectivity index is 2.24. The van der Waals surface area contributed by atoms with Gasteiger partial charge in [0, 0.05) is 4.47 Å². The molecule has 0 aliphatic rings. The number of furan rings is 1. The molecule has 0 radical (unpaired) electrons. The molecule has 0 spiro atoms. The highest BCUT2D eigenvalue weighted by molar-refractivity contribution is 9.10. The van der Waals surface area contributed by atoms with E-state index in [1.165, 1.54) is 18.2 Å². The van der Waals surface area contributed by atoms with E-state index in [9.17, 15) is 12.8 Å². The van der Waals surface area contributed by atoms with Crippen LogP contribution >= 0.6 is 15.9 Å². The molecule has 8 heteroatoms. The van der Waals surface area contributed by atoms with Crippen LogP contribution in [0.4, 0.5) is 10.1 Å². The van der Waals surface area contributed by atoms with E-state index in [1.54, 1.807) is 12.1 Å². The monoisotopic (exact) mass is 376 g/mol. The fraction of sp³-hybridized carbons (Fsp3) is 0.231. The maximum absolute atomic E-state index is 13.7. The van der Waals surface area contributed by atoms with Gasteiger partial charge in [-0.2, -0.15) is 8.42 Å². The van der Waals surface area contributed by atoms with E-state index in [-0.39, 0.29) is 10.8 Å². The molecule has 2 N–H and O–H groups in total. The lowest BCUT2D eigenvalue weighted by atomic mass is 10.3. The zero-order chi connectivity index (χ0) is 15.5. The van der Waals surface area contributed by atoms with Gasteiger partial charge in [0.1, 0.15) is 11.6 Å². The first-order valence-corrected chi connectivity index (χ1v) is 8.48. The summed E-state index contributed by atoms with van der Waals surface area (Å²) in [4.78, 5) is 0. The third-order valence-corrected chi connectivity index (χ3v) is 4.53. The summed E-state index contributed by atoms with van der Waals surface area (Å²) in [5.41, 5.74) is -0.151. The Morgan fingerprint density at radius 1 is 1.29 bits per heavy atom. The quantitative estimate of drug-likeness (QED) is 0.812. The second-order valence-corrected chi connectivity index (χ2v) is 6.67. The van der Waals surface area contributed by atoms with Gasteiger partial charge >= 0.3 is 0 Å². The maximum atomic E-state index is 13.7. The van der Waals surface area contributed by atoms with Crippen LogP contribution in [0, 0.1) is 5.82 Å². The number of para-hydroxylation sites is 1. The molecular weight excluding hydrogens is 363 g/mol. The molecule has 0 saturated heterocycles. The minimum absolute atomic E-state index is 0.151. The molecule has 1 heterocycles. The van der Waals surface area contributed by atoms with Crippen molar-refractivity contribution >= 4 is 31.6 Å². The Morgan fingerprint density at radius 2 is 2.05 bits per heavy atom. The third kappa shape index (κ3) is 3.84. The van der Waals surface area contributed by atoms with E-state index >= 15 is 0 Å². The minimum atomic E-state index is -3.98. The SMILES string of the molecule is CCNCc1ccc(S(=O)(=O)Nc2c(F)cccc2Br)o1. The summed E-state index contributed by atoms with van der Waals surface area (Å²) in [6.07, 6.45) is 0. The molecule has 0 fully saturated rings. The number of rotatable bonds is 6. The molecule has 114 valence electrons. The van der Waals surface area contributed by atoms with Crippen LogP contribution < -0.4 is 10.0 Å². The number of hydrogen-bond acceptors (Lipinski definition) is 4. The maximum Gasteiger partial charge on any atom is 0.295 e. The van der Waals surface area contributed by atoms with Gasteiger partial charge in [-0.1, -0.05) is 13.0 Å². The van der Waals surface area contributed by atoms with Crippen molar-refractivity contribution in [1.29, 1.82) is 0 Å². The first-order chi connectivity index (χ1) is 9.94. The van der Waals surface area contributed by atoms with Crippen molar-refractivity contribution in [3.63, 3.8) is 0 Å². The summed E-state index contributed by atoms with van der Waals surface area (Å²) < 4.78 is 45.8. The molecule has 0 unspecified atom stereocenters. The Labute approximate surface area is 130 Å². The summed E-state index contributed by atoms with van der Waals surface area (Å²) in [5, 5.41) is 2.76. The van der Waals surface area contributed by atoms with Crippen LogP contribution in [0.5, 0.6) is 0 Å². The Hall–Kier alpha value is -1.38. The average Bonchev–Trinajstić information content (AvgIpc) is 2.90. The van der Waals surface area contributed by atoms with Crippen LogP contribution in [0.2, 0.25) is 0 Å². The molecular formula is C13H14BrFN2O3S. The molecule has 0 aliphatic carbocycles. The summed E-state index contributed by atoms with van der Waals surface area (Å²) in [6, 6.07) is 7.08. The van der Waals surface area contributed by atoms with E-state index in [4.69, 9.17) is 4.42 Å². The number of halogens is 2. The number of benzene rings is 1. The van der Waals surface area contributed by atoms with E-state index in [0.717, 1.165) is 6.54 Å². The molecule has 0 bridgehead atoms. The van der Waals surface area contributed by atoms with Crippen LogP contribution in [0.15, 0.2) is 44.3 Å². The summed E-state index contributed by atoms with van der Waals surface area (Å²) in [5.74, 6) is -0.183. The van der Waals surface area contributed by atoms with Gasteiger partial charge < -0.3 is 9.73 Å². The lowest BCUT2D eigenvalue weighted by molar-refractivity contribution is 0.405. The van der Waals surface area contributed by atoms with Crippen LogP contribution in [-0.4, -0.2) is 15.0 Å². The first kappa shape index (κ1) is 16.0. The van der Waals surface area contributed by atoms with Gasteiger partial charge in [0.25, 0.3) is 10.0 Å². The Morgan fingerprint density at radius 3 is 2.71 bits per heavy atom. The van der Waals surface area contributed by atoms with Crippen LogP contribution in [0.1, 0.15) is 12.7 Å². The predicted octanol–water partition coefficient (Wildman–Crippen LogP) is 3.09. The van der Waals surface area contributed by atoms with Crippen LogP contribution in [0.25, 0.3) is 0 Å². The number of hydrogen-bond donors (Lipinski definition) is 2. The largest absolute Gasteiger partial charge is 0.446 e. The number of sulfonamides is 1. The van der Waals surface area contributed by atoms with Crippen LogP contribution in [-0.2, 0) is 16.6 Å². The minimum Gasteiger partial charge on any atom is -0.446 e. The Kier molecular flexibility index (Phi) is 5.02. The molecule has 0 aliphatic heterocycles. The second-order valence-electron chi connectivity index (χ2n) is 4.20.